The second-order valence-electron chi connectivity index (χ2n) is 6.92. The number of hydrogen-bond acceptors (Lipinski definition) is 4. The van der Waals surface area contributed by atoms with Gasteiger partial charge >= 0.3 is 0 Å². The van der Waals surface area contributed by atoms with Crippen molar-refractivity contribution in [2.75, 3.05) is 18.0 Å². The highest BCUT2D eigenvalue weighted by molar-refractivity contribution is 7.15. The van der Waals surface area contributed by atoms with Gasteiger partial charge in [-0.15, -0.1) is 0 Å². The van der Waals surface area contributed by atoms with Gasteiger partial charge in [-0.3, -0.25) is 0 Å². The van der Waals surface area contributed by atoms with Crippen LogP contribution in [-0.2, 0) is 6.42 Å². The van der Waals surface area contributed by atoms with Crippen molar-refractivity contribution < 1.29 is 5.11 Å². The van der Waals surface area contributed by atoms with Crippen LogP contribution in [-0.4, -0.2) is 23.2 Å². The SMILES string of the molecule is CCC(C)CN(CC)c1nc2c(s1)C(O)CC(C)(C)C2. The molecule has 1 heterocycles. The van der Waals surface area contributed by atoms with Crippen molar-refractivity contribution in [1.29, 1.82) is 0 Å². The number of aromatic nitrogens is 1. The number of anilines is 1. The molecule has 114 valence electrons. The molecule has 1 aromatic heterocycles. The largest absolute Gasteiger partial charge is 0.387 e. The van der Waals surface area contributed by atoms with Gasteiger partial charge in [-0.05, 0) is 31.1 Å². The fourth-order valence-electron chi connectivity index (χ4n) is 2.86. The summed E-state index contributed by atoms with van der Waals surface area (Å²) in [7, 11) is 0. The first-order valence-corrected chi connectivity index (χ1v) is 8.60. The normalized spacial score (nSPS) is 22.4. The van der Waals surface area contributed by atoms with Crippen molar-refractivity contribution in [3.8, 4) is 0 Å². The van der Waals surface area contributed by atoms with E-state index in [0.29, 0.717) is 5.92 Å². The number of rotatable bonds is 5. The second-order valence-corrected chi connectivity index (χ2v) is 7.93. The number of thiazole rings is 1. The molecule has 3 nitrogen and oxygen atoms in total. The standard InChI is InChI=1S/C16H28N2OS/c1-6-11(3)10-18(7-2)15-17-12-8-16(4,5)9-13(19)14(12)20-15/h11,13,19H,6-10H2,1-5H3. The highest BCUT2D eigenvalue weighted by atomic mass is 32.1. The number of fused-ring (bicyclic) bond motifs is 1. The lowest BCUT2D eigenvalue weighted by atomic mass is 9.77. The predicted molar refractivity (Wildman–Crippen MR) is 86.5 cm³/mol. The summed E-state index contributed by atoms with van der Waals surface area (Å²) in [5.74, 6) is 0.678. The van der Waals surface area contributed by atoms with Crippen LogP contribution in [0.25, 0.3) is 0 Å². The summed E-state index contributed by atoms with van der Waals surface area (Å²) in [5.41, 5.74) is 1.28. The number of aliphatic hydroxyl groups is 1. The van der Waals surface area contributed by atoms with Crippen LogP contribution in [0.3, 0.4) is 0 Å². The molecule has 0 bridgehead atoms. The summed E-state index contributed by atoms with van der Waals surface area (Å²) in [4.78, 5) is 8.30. The molecule has 1 aliphatic carbocycles. The topological polar surface area (TPSA) is 36.4 Å². The molecule has 1 aliphatic rings. The molecule has 2 rings (SSSR count). The van der Waals surface area contributed by atoms with Gasteiger partial charge in [0.1, 0.15) is 0 Å². The lowest BCUT2D eigenvalue weighted by Gasteiger charge is -2.31. The minimum atomic E-state index is -0.331. The van der Waals surface area contributed by atoms with E-state index < -0.39 is 0 Å². The minimum Gasteiger partial charge on any atom is -0.387 e. The van der Waals surface area contributed by atoms with Crippen LogP contribution in [0.15, 0.2) is 0 Å². The zero-order chi connectivity index (χ0) is 14.9. The van der Waals surface area contributed by atoms with E-state index in [0.717, 1.165) is 41.6 Å². The van der Waals surface area contributed by atoms with Gasteiger partial charge in [-0.2, -0.15) is 0 Å². The number of aliphatic hydroxyl groups excluding tert-OH is 1. The molecule has 0 fully saturated rings. The third kappa shape index (κ3) is 3.34. The zero-order valence-corrected chi connectivity index (χ0v) is 14.3. The van der Waals surface area contributed by atoms with Crippen molar-refractivity contribution in [2.24, 2.45) is 11.3 Å². The van der Waals surface area contributed by atoms with Crippen molar-refractivity contribution in [3.63, 3.8) is 0 Å². The van der Waals surface area contributed by atoms with Crippen LogP contribution in [0.4, 0.5) is 5.13 Å². The summed E-state index contributed by atoms with van der Waals surface area (Å²) in [5, 5.41) is 11.4. The van der Waals surface area contributed by atoms with E-state index in [-0.39, 0.29) is 11.5 Å². The van der Waals surface area contributed by atoms with Crippen LogP contribution in [0.1, 0.15) is 64.1 Å². The smallest absolute Gasteiger partial charge is 0.185 e. The van der Waals surface area contributed by atoms with E-state index in [4.69, 9.17) is 4.98 Å². The average molecular weight is 296 g/mol. The van der Waals surface area contributed by atoms with Gasteiger partial charge in [0.2, 0.25) is 0 Å². The van der Waals surface area contributed by atoms with Crippen LogP contribution in [0.5, 0.6) is 0 Å². The van der Waals surface area contributed by atoms with Gasteiger partial charge in [0.05, 0.1) is 16.7 Å². The van der Waals surface area contributed by atoms with Crippen LogP contribution in [0.2, 0.25) is 0 Å². The molecule has 0 saturated carbocycles. The molecule has 20 heavy (non-hydrogen) atoms. The molecule has 1 aromatic rings. The molecule has 0 aliphatic heterocycles. The molecule has 4 heteroatoms. The lowest BCUT2D eigenvalue weighted by molar-refractivity contribution is 0.102. The van der Waals surface area contributed by atoms with Gasteiger partial charge in [0.15, 0.2) is 5.13 Å². The molecule has 1 N–H and O–H groups in total. The maximum Gasteiger partial charge on any atom is 0.185 e. The summed E-state index contributed by atoms with van der Waals surface area (Å²) < 4.78 is 0. The summed E-state index contributed by atoms with van der Waals surface area (Å²) in [6.07, 6.45) is 2.69. The monoisotopic (exact) mass is 296 g/mol. The summed E-state index contributed by atoms with van der Waals surface area (Å²) in [6.45, 7) is 13.2. The van der Waals surface area contributed by atoms with E-state index in [9.17, 15) is 5.11 Å². The van der Waals surface area contributed by atoms with Gasteiger partial charge in [-0.25, -0.2) is 4.98 Å². The highest BCUT2D eigenvalue weighted by Gasteiger charge is 2.34. The Balaban J connectivity index is 2.22. The fraction of sp³-hybridized carbons (Fsp3) is 0.812. The Labute approximate surface area is 127 Å². The maximum absolute atomic E-state index is 10.3. The van der Waals surface area contributed by atoms with Crippen molar-refractivity contribution in [3.05, 3.63) is 10.6 Å². The van der Waals surface area contributed by atoms with Crippen molar-refractivity contribution in [1.82, 2.24) is 4.98 Å². The second kappa shape index (κ2) is 6.02. The Morgan fingerprint density at radius 2 is 2.15 bits per heavy atom. The average Bonchev–Trinajstić information content (AvgIpc) is 2.77. The van der Waals surface area contributed by atoms with Crippen LogP contribution < -0.4 is 4.90 Å². The Bertz CT molecular complexity index is 455. The molecule has 2 unspecified atom stereocenters. The van der Waals surface area contributed by atoms with Crippen LogP contribution >= 0.6 is 11.3 Å². The number of nitrogens with zero attached hydrogens (tertiary/aromatic N) is 2. The maximum atomic E-state index is 10.3. The van der Waals surface area contributed by atoms with Gasteiger partial charge in [-0.1, -0.05) is 45.5 Å². The number of hydrogen-bond donors (Lipinski definition) is 1. The van der Waals surface area contributed by atoms with Gasteiger partial charge < -0.3 is 10.0 Å². The third-order valence-corrected chi connectivity index (χ3v) is 5.55. The first kappa shape index (κ1) is 15.8. The van der Waals surface area contributed by atoms with E-state index in [1.807, 2.05) is 0 Å². The summed E-state index contributed by atoms with van der Waals surface area (Å²) in [6, 6.07) is 0. The molecule has 0 spiro atoms. The van der Waals surface area contributed by atoms with E-state index >= 15 is 0 Å². The first-order chi connectivity index (χ1) is 9.36. The fourth-order valence-corrected chi connectivity index (χ4v) is 4.00. The first-order valence-electron chi connectivity index (χ1n) is 7.79. The highest BCUT2D eigenvalue weighted by Crippen LogP contribution is 2.44. The van der Waals surface area contributed by atoms with Crippen molar-refractivity contribution in [2.45, 2.75) is 60.0 Å². The van der Waals surface area contributed by atoms with E-state index in [2.05, 4.69) is 39.5 Å². The summed E-state index contributed by atoms with van der Waals surface area (Å²) >= 11 is 1.69. The third-order valence-electron chi connectivity index (χ3n) is 4.29. The van der Waals surface area contributed by atoms with E-state index in [1.165, 1.54) is 6.42 Å². The lowest BCUT2D eigenvalue weighted by Crippen LogP contribution is -2.28. The molecule has 0 amide bonds. The predicted octanol–water partition coefficient (Wildman–Crippen LogP) is 4.02. The Hall–Kier alpha value is -0.610. The minimum absolute atomic E-state index is 0.158. The van der Waals surface area contributed by atoms with Gasteiger partial charge in [0, 0.05) is 13.1 Å². The molecular formula is C16H28N2OS. The Morgan fingerprint density at radius 1 is 1.45 bits per heavy atom. The molecule has 0 radical (unpaired) electrons. The van der Waals surface area contributed by atoms with Crippen molar-refractivity contribution >= 4 is 16.5 Å². The molecule has 0 aromatic carbocycles. The molecular weight excluding hydrogens is 268 g/mol. The molecule has 0 saturated heterocycles. The Morgan fingerprint density at radius 3 is 2.75 bits per heavy atom. The van der Waals surface area contributed by atoms with E-state index in [1.54, 1.807) is 11.3 Å². The Kier molecular flexibility index (Phi) is 4.75. The van der Waals surface area contributed by atoms with Crippen LogP contribution in [0, 0.1) is 11.3 Å². The quantitative estimate of drug-likeness (QED) is 0.891. The molecule has 2 atom stereocenters. The van der Waals surface area contributed by atoms with Gasteiger partial charge in [0.25, 0.3) is 0 Å². The zero-order valence-electron chi connectivity index (χ0n) is 13.4.